The number of anilines is 1. The van der Waals surface area contributed by atoms with Gasteiger partial charge in [-0.25, -0.2) is 4.79 Å². The first-order valence-corrected chi connectivity index (χ1v) is 9.96. The number of carbonyl (C=O) groups is 2. The Balaban J connectivity index is 1.92. The summed E-state index contributed by atoms with van der Waals surface area (Å²) < 4.78 is 4.97. The first-order valence-electron chi connectivity index (χ1n) is 9.09. The molecule has 0 aliphatic heterocycles. The minimum Gasteiger partial charge on any atom is -0.465 e. The lowest BCUT2D eigenvalue weighted by Crippen LogP contribution is -2.14. The van der Waals surface area contributed by atoms with Crippen LogP contribution in [-0.2, 0) is 4.74 Å². The predicted octanol–water partition coefficient (Wildman–Crippen LogP) is 5.89. The lowest BCUT2D eigenvalue weighted by atomic mass is 10.0. The Hall–Kier alpha value is -2.92. The standard InChI is InChI=1S/C23H23NO3S/c1-14(2)16-9-11-18(12-10-16)21(25)24-22-20(23(26)27-4)19(13-28-22)17-7-5-15(3)6-8-17/h5-14H,1-4H3,(H,24,25). The summed E-state index contributed by atoms with van der Waals surface area (Å²) in [6.07, 6.45) is 0. The fraction of sp³-hybridized carbons (Fsp3) is 0.217. The molecule has 1 heterocycles. The molecule has 0 aliphatic rings. The third-order valence-electron chi connectivity index (χ3n) is 4.61. The fourth-order valence-electron chi connectivity index (χ4n) is 2.89. The molecule has 144 valence electrons. The normalized spacial score (nSPS) is 10.8. The molecule has 0 saturated heterocycles. The van der Waals surface area contributed by atoms with E-state index in [2.05, 4.69) is 19.2 Å². The van der Waals surface area contributed by atoms with Crippen LogP contribution in [0.15, 0.2) is 53.9 Å². The smallest absolute Gasteiger partial charge is 0.341 e. The molecule has 0 aliphatic carbocycles. The van der Waals surface area contributed by atoms with Crippen molar-refractivity contribution in [2.24, 2.45) is 0 Å². The number of methoxy groups -OCH3 is 1. The molecular weight excluding hydrogens is 370 g/mol. The molecule has 0 fully saturated rings. The van der Waals surface area contributed by atoms with Crippen molar-refractivity contribution >= 4 is 28.2 Å². The highest BCUT2D eigenvalue weighted by Crippen LogP contribution is 2.36. The Labute approximate surface area is 169 Å². The van der Waals surface area contributed by atoms with Crippen molar-refractivity contribution in [1.29, 1.82) is 0 Å². The van der Waals surface area contributed by atoms with Gasteiger partial charge < -0.3 is 10.1 Å². The largest absolute Gasteiger partial charge is 0.465 e. The third kappa shape index (κ3) is 4.15. The van der Waals surface area contributed by atoms with Gasteiger partial charge in [-0.3, -0.25) is 4.79 Å². The van der Waals surface area contributed by atoms with Crippen LogP contribution >= 0.6 is 11.3 Å². The number of amides is 1. The number of ether oxygens (including phenoxy) is 1. The zero-order valence-corrected chi connectivity index (χ0v) is 17.2. The van der Waals surface area contributed by atoms with Crippen LogP contribution in [0.1, 0.15) is 51.6 Å². The van der Waals surface area contributed by atoms with Crippen molar-refractivity contribution in [2.45, 2.75) is 26.7 Å². The van der Waals surface area contributed by atoms with Crippen LogP contribution in [0.4, 0.5) is 5.00 Å². The maximum Gasteiger partial charge on any atom is 0.341 e. The maximum absolute atomic E-state index is 12.7. The first-order chi connectivity index (χ1) is 13.4. The second-order valence-corrected chi connectivity index (χ2v) is 7.82. The average Bonchev–Trinajstić information content (AvgIpc) is 3.11. The molecular formula is C23H23NO3S. The molecule has 3 rings (SSSR count). The van der Waals surface area contributed by atoms with Crippen molar-refractivity contribution in [3.63, 3.8) is 0 Å². The van der Waals surface area contributed by atoms with Gasteiger partial charge in [0.15, 0.2) is 0 Å². The molecule has 1 aromatic heterocycles. The molecule has 1 amide bonds. The molecule has 0 radical (unpaired) electrons. The van der Waals surface area contributed by atoms with Crippen molar-refractivity contribution in [3.05, 3.63) is 76.2 Å². The molecule has 4 nitrogen and oxygen atoms in total. The Bertz CT molecular complexity index is 986. The van der Waals surface area contributed by atoms with Crippen molar-refractivity contribution in [1.82, 2.24) is 0 Å². The SMILES string of the molecule is COC(=O)c1c(-c2ccc(C)cc2)csc1NC(=O)c1ccc(C(C)C)cc1. The van der Waals surface area contributed by atoms with Crippen molar-refractivity contribution < 1.29 is 14.3 Å². The zero-order valence-electron chi connectivity index (χ0n) is 16.4. The van der Waals surface area contributed by atoms with E-state index < -0.39 is 5.97 Å². The number of nitrogens with one attached hydrogen (secondary N) is 1. The van der Waals surface area contributed by atoms with Gasteiger partial charge in [-0.2, -0.15) is 0 Å². The summed E-state index contributed by atoms with van der Waals surface area (Å²) in [4.78, 5) is 25.1. The van der Waals surface area contributed by atoms with E-state index in [0.717, 1.165) is 16.7 Å². The maximum atomic E-state index is 12.7. The molecule has 5 heteroatoms. The van der Waals surface area contributed by atoms with E-state index in [-0.39, 0.29) is 5.91 Å². The van der Waals surface area contributed by atoms with Crippen molar-refractivity contribution in [3.8, 4) is 11.1 Å². The van der Waals surface area contributed by atoms with E-state index in [9.17, 15) is 9.59 Å². The van der Waals surface area contributed by atoms with Gasteiger partial charge in [-0.15, -0.1) is 11.3 Å². The molecule has 0 bridgehead atoms. The van der Waals surface area contributed by atoms with Gasteiger partial charge in [0.05, 0.1) is 7.11 Å². The number of benzene rings is 2. The number of carbonyl (C=O) groups excluding carboxylic acids is 2. The van der Waals surface area contributed by atoms with Crippen LogP contribution in [0.5, 0.6) is 0 Å². The second-order valence-electron chi connectivity index (χ2n) is 6.94. The van der Waals surface area contributed by atoms with Gasteiger partial charge >= 0.3 is 5.97 Å². The van der Waals surface area contributed by atoms with Crippen LogP contribution in [-0.4, -0.2) is 19.0 Å². The van der Waals surface area contributed by atoms with Gasteiger partial charge in [0.2, 0.25) is 0 Å². The lowest BCUT2D eigenvalue weighted by Gasteiger charge is -2.09. The summed E-state index contributed by atoms with van der Waals surface area (Å²) in [5.41, 5.74) is 4.89. The van der Waals surface area contributed by atoms with Gasteiger partial charge in [-0.05, 0) is 36.1 Å². The molecule has 28 heavy (non-hydrogen) atoms. The number of esters is 1. The molecule has 0 atom stereocenters. The highest BCUT2D eigenvalue weighted by atomic mass is 32.1. The van der Waals surface area contributed by atoms with Crippen molar-refractivity contribution in [2.75, 3.05) is 12.4 Å². The summed E-state index contributed by atoms with van der Waals surface area (Å²) in [6.45, 7) is 6.22. The highest BCUT2D eigenvalue weighted by molar-refractivity contribution is 7.15. The average molecular weight is 394 g/mol. The minimum atomic E-state index is -0.470. The summed E-state index contributed by atoms with van der Waals surface area (Å²) in [5, 5.41) is 5.23. The Kier molecular flexibility index (Phi) is 5.95. The highest BCUT2D eigenvalue weighted by Gasteiger charge is 2.22. The quantitative estimate of drug-likeness (QED) is 0.550. The molecule has 1 N–H and O–H groups in total. The summed E-state index contributed by atoms with van der Waals surface area (Å²) >= 11 is 1.32. The molecule has 0 unspecified atom stereocenters. The first kappa shape index (κ1) is 19.8. The monoisotopic (exact) mass is 393 g/mol. The number of rotatable bonds is 5. The van der Waals surface area contributed by atoms with Gasteiger partial charge in [0, 0.05) is 16.5 Å². The summed E-state index contributed by atoms with van der Waals surface area (Å²) in [6, 6.07) is 15.4. The zero-order chi connectivity index (χ0) is 20.3. The number of hydrogen-bond donors (Lipinski definition) is 1. The van der Waals surface area contributed by atoms with Gasteiger partial charge in [-0.1, -0.05) is 55.8 Å². The minimum absolute atomic E-state index is 0.252. The molecule has 3 aromatic rings. The third-order valence-corrected chi connectivity index (χ3v) is 5.51. The van der Waals surface area contributed by atoms with Crippen LogP contribution in [0, 0.1) is 6.92 Å². The number of thiophene rings is 1. The molecule has 2 aromatic carbocycles. The number of aryl methyl sites for hydroxylation is 1. The lowest BCUT2D eigenvalue weighted by molar-refractivity contribution is 0.0603. The van der Waals surface area contributed by atoms with E-state index in [1.54, 1.807) is 12.1 Å². The van der Waals surface area contributed by atoms with Crippen LogP contribution in [0.2, 0.25) is 0 Å². The predicted molar refractivity (Wildman–Crippen MR) is 114 cm³/mol. The van der Waals surface area contributed by atoms with Crippen LogP contribution < -0.4 is 5.32 Å². The topological polar surface area (TPSA) is 55.4 Å². The van der Waals surface area contributed by atoms with E-state index >= 15 is 0 Å². The van der Waals surface area contributed by atoms with E-state index in [1.807, 2.05) is 48.7 Å². The van der Waals surface area contributed by atoms with Crippen LogP contribution in [0.25, 0.3) is 11.1 Å². The van der Waals surface area contributed by atoms with Crippen LogP contribution in [0.3, 0.4) is 0 Å². The van der Waals surface area contributed by atoms with E-state index in [1.165, 1.54) is 24.0 Å². The summed E-state index contributed by atoms with van der Waals surface area (Å²) in [5.74, 6) is -0.322. The summed E-state index contributed by atoms with van der Waals surface area (Å²) in [7, 11) is 1.34. The molecule has 0 saturated carbocycles. The Morgan fingerprint density at radius 3 is 2.21 bits per heavy atom. The second kappa shape index (κ2) is 8.40. The van der Waals surface area contributed by atoms with E-state index in [4.69, 9.17) is 4.74 Å². The van der Waals surface area contributed by atoms with E-state index in [0.29, 0.717) is 22.0 Å². The Morgan fingerprint density at radius 2 is 1.64 bits per heavy atom. The van der Waals surface area contributed by atoms with Gasteiger partial charge in [0.25, 0.3) is 5.91 Å². The number of hydrogen-bond acceptors (Lipinski definition) is 4. The Morgan fingerprint density at radius 1 is 1.00 bits per heavy atom. The fourth-order valence-corrected chi connectivity index (χ4v) is 3.85. The molecule has 0 spiro atoms. The van der Waals surface area contributed by atoms with Gasteiger partial charge in [0.1, 0.15) is 10.6 Å².